The molecule has 7 nitrogen and oxygen atoms in total. The maximum absolute atomic E-state index is 12.5. The van der Waals surface area contributed by atoms with Crippen LogP contribution in [0.25, 0.3) is 5.65 Å². The molecule has 1 aromatic carbocycles. The van der Waals surface area contributed by atoms with Gasteiger partial charge >= 0.3 is 0 Å². The Hall–Kier alpha value is -3.35. The highest BCUT2D eigenvalue weighted by Gasteiger charge is 2.36. The standard InChI is InChI=1S/C21H22N4O3/c1-28-18-7-3-2-6-17(18)25-13-15(12-20(25)26)21(27)22-10-9-16-14-24-11-5-4-8-19(24)23-16/h2-8,11,14-15H,9-10,12-13H2,1H3,(H,22,27). The van der Waals surface area contributed by atoms with Crippen LogP contribution in [0, 0.1) is 5.92 Å². The first kappa shape index (κ1) is 18.0. The van der Waals surface area contributed by atoms with Crippen molar-refractivity contribution in [3.8, 4) is 5.75 Å². The second kappa shape index (κ2) is 7.72. The van der Waals surface area contributed by atoms with Crippen LogP contribution in [0.4, 0.5) is 5.69 Å². The number of anilines is 1. The first-order valence-electron chi connectivity index (χ1n) is 9.29. The maximum atomic E-state index is 12.5. The van der Waals surface area contributed by atoms with E-state index in [1.807, 2.05) is 59.3 Å². The Morgan fingerprint density at radius 1 is 1.25 bits per heavy atom. The summed E-state index contributed by atoms with van der Waals surface area (Å²) in [4.78, 5) is 31.1. The summed E-state index contributed by atoms with van der Waals surface area (Å²) in [7, 11) is 1.57. The van der Waals surface area contributed by atoms with E-state index >= 15 is 0 Å². The van der Waals surface area contributed by atoms with Gasteiger partial charge in [-0.25, -0.2) is 4.98 Å². The monoisotopic (exact) mass is 378 g/mol. The second-order valence-electron chi connectivity index (χ2n) is 6.82. The summed E-state index contributed by atoms with van der Waals surface area (Å²) in [6.07, 6.45) is 4.76. The van der Waals surface area contributed by atoms with Gasteiger partial charge in [0.1, 0.15) is 11.4 Å². The van der Waals surface area contributed by atoms with Crippen molar-refractivity contribution in [1.82, 2.24) is 14.7 Å². The molecule has 28 heavy (non-hydrogen) atoms. The number of pyridine rings is 1. The molecule has 0 saturated carbocycles. The third kappa shape index (κ3) is 3.55. The van der Waals surface area contributed by atoms with Crippen molar-refractivity contribution in [1.29, 1.82) is 0 Å². The smallest absolute Gasteiger partial charge is 0.227 e. The number of ether oxygens (including phenoxy) is 1. The van der Waals surface area contributed by atoms with Crippen LogP contribution < -0.4 is 15.0 Å². The molecule has 1 N–H and O–H groups in total. The molecule has 4 rings (SSSR count). The number of methoxy groups -OCH3 is 1. The average Bonchev–Trinajstić information content (AvgIpc) is 3.30. The lowest BCUT2D eigenvalue weighted by Gasteiger charge is -2.19. The van der Waals surface area contributed by atoms with Crippen LogP contribution in [0.15, 0.2) is 54.9 Å². The fourth-order valence-corrected chi connectivity index (χ4v) is 3.53. The fraction of sp³-hybridized carbons (Fsp3) is 0.286. The van der Waals surface area contributed by atoms with Gasteiger partial charge in [0.25, 0.3) is 0 Å². The second-order valence-corrected chi connectivity index (χ2v) is 6.82. The Kier molecular flexibility index (Phi) is 4.97. The van der Waals surface area contributed by atoms with Crippen LogP contribution >= 0.6 is 0 Å². The quantitative estimate of drug-likeness (QED) is 0.712. The van der Waals surface area contributed by atoms with Crippen molar-refractivity contribution in [2.75, 3.05) is 25.1 Å². The van der Waals surface area contributed by atoms with E-state index in [0.29, 0.717) is 30.9 Å². The van der Waals surface area contributed by atoms with E-state index in [1.54, 1.807) is 12.0 Å². The lowest BCUT2D eigenvalue weighted by molar-refractivity contribution is -0.126. The third-order valence-corrected chi connectivity index (χ3v) is 4.97. The molecule has 1 saturated heterocycles. The number of nitrogens with zero attached hydrogens (tertiary/aromatic N) is 3. The Morgan fingerprint density at radius 2 is 2.07 bits per heavy atom. The van der Waals surface area contributed by atoms with Gasteiger partial charge < -0.3 is 19.4 Å². The van der Waals surface area contributed by atoms with E-state index in [1.165, 1.54) is 0 Å². The van der Waals surface area contributed by atoms with Gasteiger partial charge in [-0.2, -0.15) is 0 Å². The van der Waals surface area contributed by atoms with Gasteiger partial charge in [0, 0.05) is 38.3 Å². The zero-order chi connectivity index (χ0) is 19.5. The molecule has 1 aliphatic heterocycles. The zero-order valence-electron chi connectivity index (χ0n) is 15.7. The van der Waals surface area contributed by atoms with Crippen LogP contribution in [-0.4, -0.2) is 41.4 Å². The number of imidazole rings is 1. The molecule has 3 heterocycles. The van der Waals surface area contributed by atoms with Gasteiger partial charge in [0.15, 0.2) is 0 Å². The topological polar surface area (TPSA) is 75.9 Å². The van der Waals surface area contributed by atoms with Crippen LogP contribution in [0.5, 0.6) is 5.75 Å². The summed E-state index contributed by atoms with van der Waals surface area (Å²) in [6.45, 7) is 0.849. The molecule has 3 aromatic rings. The largest absolute Gasteiger partial charge is 0.495 e. The number of amides is 2. The minimum atomic E-state index is -0.363. The first-order chi connectivity index (χ1) is 13.7. The Labute approximate surface area is 162 Å². The molecule has 2 aromatic heterocycles. The molecule has 0 aliphatic carbocycles. The summed E-state index contributed by atoms with van der Waals surface area (Å²) >= 11 is 0. The normalized spacial score (nSPS) is 16.5. The number of hydrogen-bond acceptors (Lipinski definition) is 4. The van der Waals surface area contributed by atoms with Crippen LogP contribution in [0.2, 0.25) is 0 Å². The predicted octanol–water partition coefficient (Wildman–Crippen LogP) is 2.05. The fourth-order valence-electron chi connectivity index (χ4n) is 3.53. The molecule has 0 bridgehead atoms. The van der Waals surface area contributed by atoms with Crippen molar-refractivity contribution in [3.63, 3.8) is 0 Å². The number of benzene rings is 1. The van der Waals surface area contributed by atoms with E-state index < -0.39 is 0 Å². The zero-order valence-corrected chi connectivity index (χ0v) is 15.7. The number of carbonyl (C=O) groups is 2. The van der Waals surface area contributed by atoms with Crippen molar-refractivity contribution in [3.05, 3.63) is 60.6 Å². The van der Waals surface area contributed by atoms with Gasteiger partial charge in [0.05, 0.1) is 24.4 Å². The van der Waals surface area contributed by atoms with Gasteiger partial charge in [-0.1, -0.05) is 18.2 Å². The highest BCUT2D eigenvalue weighted by Crippen LogP contribution is 2.32. The number of para-hydroxylation sites is 2. The van der Waals surface area contributed by atoms with Crippen LogP contribution in [-0.2, 0) is 16.0 Å². The molecular formula is C21H22N4O3. The highest BCUT2D eigenvalue weighted by molar-refractivity contribution is 6.01. The lowest BCUT2D eigenvalue weighted by Crippen LogP contribution is -2.34. The molecule has 2 amide bonds. The molecule has 144 valence electrons. The van der Waals surface area contributed by atoms with E-state index in [-0.39, 0.29) is 24.2 Å². The number of hydrogen-bond donors (Lipinski definition) is 1. The average molecular weight is 378 g/mol. The van der Waals surface area contributed by atoms with Crippen molar-refractivity contribution in [2.24, 2.45) is 5.92 Å². The van der Waals surface area contributed by atoms with Crippen LogP contribution in [0.1, 0.15) is 12.1 Å². The molecule has 7 heteroatoms. The Balaban J connectivity index is 1.34. The van der Waals surface area contributed by atoms with Crippen molar-refractivity contribution < 1.29 is 14.3 Å². The number of rotatable bonds is 6. The van der Waals surface area contributed by atoms with E-state index in [4.69, 9.17) is 4.74 Å². The van der Waals surface area contributed by atoms with Crippen LogP contribution in [0.3, 0.4) is 0 Å². The number of nitrogens with one attached hydrogen (secondary N) is 1. The van der Waals surface area contributed by atoms with Crippen molar-refractivity contribution in [2.45, 2.75) is 12.8 Å². The summed E-state index contributed by atoms with van der Waals surface area (Å²) in [6, 6.07) is 13.2. The maximum Gasteiger partial charge on any atom is 0.227 e. The van der Waals surface area contributed by atoms with Crippen molar-refractivity contribution >= 4 is 23.1 Å². The predicted molar refractivity (Wildman–Crippen MR) is 105 cm³/mol. The van der Waals surface area contributed by atoms with E-state index in [0.717, 1.165) is 11.3 Å². The Bertz CT molecular complexity index is 981. The van der Waals surface area contributed by atoms with E-state index in [2.05, 4.69) is 10.3 Å². The summed E-state index contributed by atoms with van der Waals surface area (Å²) < 4.78 is 7.29. The molecule has 1 unspecified atom stereocenters. The molecular weight excluding hydrogens is 356 g/mol. The van der Waals surface area contributed by atoms with Gasteiger partial charge in [-0.05, 0) is 24.3 Å². The SMILES string of the molecule is COc1ccccc1N1CC(C(=O)NCCc2cn3ccccc3n2)CC1=O. The lowest BCUT2D eigenvalue weighted by atomic mass is 10.1. The molecule has 0 spiro atoms. The first-order valence-corrected chi connectivity index (χ1v) is 9.29. The van der Waals surface area contributed by atoms with Gasteiger partial charge in [0.2, 0.25) is 11.8 Å². The minimum absolute atomic E-state index is 0.0648. The minimum Gasteiger partial charge on any atom is -0.495 e. The molecule has 1 fully saturated rings. The third-order valence-electron chi connectivity index (χ3n) is 4.97. The Morgan fingerprint density at radius 3 is 2.89 bits per heavy atom. The molecule has 1 atom stereocenters. The van der Waals surface area contributed by atoms with E-state index in [9.17, 15) is 9.59 Å². The highest BCUT2D eigenvalue weighted by atomic mass is 16.5. The summed E-state index contributed by atoms with van der Waals surface area (Å²) in [5.41, 5.74) is 2.51. The molecule has 0 radical (unpaired) electrons. The summed E-state index contributed by atoms with van der Waals surface area (Å²) in [5.74, 6) is 0.0988. The number of aromatic nitrogens is 2. The van der Waals surface area contributed by atoms with Gasteiger partial charge in [-0.3, -0.25) is 9.59 Å². The molecule has 1 aliphatic rings. The number of fused-ring (bicyclic) bond motifs is 1. The summed E-state index contributed by atoms with van der Waals surface area (Å²) in [5, 5.41) is 2.94. The van der Waals surface area contributed by atoms with Gasteiger partial charge in [-0.15, -0.1) is 0 Å². The number of carbonyl (C=O) groups excluding carboxylic acids is 2.